The van der Waals surface area contributed by atoms with Crippen molar-refractivity contribution in [1.29, 1.82) is 0 Å². The average Bonchev–Trinajstić information content (AvgIpc) is 2.15. The van der Waals surface area contributed by atoms with E-state index in [1.807, 2.05) is 13.8 Å². The van der Waals surface area contributed by atoms with Gasteiger partial charge in [-0.15, -0.1) is 0 Å². The van der Waals surface area contributed by atoms with Crippen LogP contribution in [0.4, 0.5) is 0 Å². The zero-order chi connectivity index (χ0) is 9.68. The zero-order valence-corrected chi connectivity index (χ0v) is 8.45. The highest BCUT2D eigenvalue weighted by molar-refractivity contribution is 5.73. The fourth-order valence-corrected chi connectivity index (χ4v) is 1.54. The summed E-state index contributed by atoms with van der Waals surface area (Å²) in [6.07, 6.45) is 5.32. The predicted octanol–water partition coefficient (Wildman–Crippen LogP) is 2.19. The third kappa shape index (κ3) is 3.31. The van der Waals surface area contributed by atoms with Crippen LogP contribution in [-0.4, -0.2) is 19.5 Å². The van der Waals surface area contributed by atoms with Crippen molar-refractivity contribution in [1.82, 2.24) is 0 Å². The molecule has 0 spiro atoms. The predicted molar refractivity (Wildman–Crippen MR) is 52.5 cm³/mol. The van der Waals surface area contributed by atoms with E-state index in [1.54, 1.807) is 0 Å². The van der Waals surface area contributed by atoms with Gasteiger partial charge < -0.3 is 4.74 Å². The van der Waals surface area contributed by atoms with E-state index in [0.717, 1.165) is 37.9 Å². The summed E-state index contributed by atoms with van der Waals surface area (Å²) in [5.41, 5.74) is 0.913. The quantitative estimate of drug-likeness (QED) is 0.494. The van der Waals surface area contributed by atoms with Crippen molar-refractivity contribution in [2.45, 2.75) is 26.7 Å². The second kappa shape index (κ2) is 5.18. The number of aldehydes is 1. The molecule has 2 nitrogen and oxygen atoms in total. The van der Waals surface area contributed by atoms with Gasteiger partial charge in [-0.1, -0.05) is 19.9 Å². The van der Waals surface area contributed by atoms with Gasteiger partial charge in [-0.25, -0.2) is 0 Å². The van der Waals surface area contributed by atoms with Crippen LogP contribution in [0.1, 0.15) is 26.7 Å². The van der Waals surface area contributed by atoms with Crippen LogP contribution in [0.2, 0.25) is 0 Å². The number of carbonyl (C=O) groups excluding carboxylic acids is 1. The van der Waals surface area contributed by atoms with Crippen molar-refractivity contribution < 1.29 is 9.53 Å². The molecule has 1 fully saturated rings. The topological polar surface area (TPSA) is 26.3 Å². The van der Waals surface area contributed by atoms with E-state index in [1.165, 1.54) is 0 Å². The molecule has 1 aliphatic heterocycles. The van der Waals surface area contributed by atoms with Gasteiger partial charge in [-0.3, -0.25) is 4.79 Å². The Morgan fingerprint density at radius 1 is 1.54 bits per heavy atom. The molecule has 74 valence electrons. The van der Waals surface area contributed by atoms with E-state index in [-0.39, 0.29) is 0 Å². The first-order valence-electron chi connectivity index (χ1n) is 4.98. The zero-order valence-electron chi connectivity index (χ0n) is 8.45. The third-order valence-corrected chi connectivity index (χ3v) is 2.43. The van der Waals surface area contributed by atoms with E-state index in [9.17, 15) is 4.79 Å². The minimum Gasteiger partial charge on any atom is -0.381 e. The summed E-state index contributed by atoms with van der Waals surface area (Å²) in [6, 6.07) is 0. The Bertz CT molecular complexity index is 188. The lowest BCUT2D eigenvalue weighted by molar-refractivity contribution is -0.105. The molecule has 0 saturated carbocycles. The lowest BCUT2D eigenvalue weighted by Gasteiger charge is -2.20. The van der Waals surface area contributed by atoms with Gasteiger partial charge in [0, 0.05) is 12.5 Å². The largest absolute Gasteiger partial charge is 0.381 e. The van der Waals surface area contributed by atoms with Gasteiger partial charge in [0.2, 0.25) is 0 Å². The highest BCUT2D eigenvalue weighted by atomic mass is 16.5. The molecule has 1 unspecified atom stereocenters. The second-order valence-electron chi connectivity index (χ2n) is 3.92. The number of hydrogen-bond acceptors (Lipinski definition) is 2. The van der Waals surface area contributed by atoms with Crippen LogP contribution < -0.4 is 0 Å². The first-order valence-corrected chi connectivity index (χ1v) is 4.98. The lowest BCUT2D eigenvalue weighted by atomic mass is 9.95. The van der Waals surface area contributed by atoms with Gasteiger partial charge in [-0.2, -0.15) is 0 Å². The standard InChI is InChI=1S/C11H18O2/c1-9(2)11(7-12)6-10-4-3-5-13-8-10/h6-7,9-10H,3-5,8H2,1-2H3. The SMILES string of the molecule is CC(C)C(C=O)=CC1CCCOC1. The summed E-state index contributed by atoms with van der Waals surface area (Å²) in [5, 5.41) is 0. The molecule has 0 aromatic heterocycles. The lowest BCUT2D eigenvalue weighted by Crippen LogP contribution is -2.16. The molecule has 0 aliphatic carbocycles. The van der Waals surface area contributed by atoms with Gasteiger partial charge >= 0.3 is 0 Å². The van der Waals surface area contributed by atoms with Gasteiger partial charge in [-0.05, 0) is 24.3 Å². The summed E-state index contributed by atoms with van der Waals surface area (Å²) < 4.78 is 5.35. The molecule has 1 heterocycles. The van der Waals surface area contributed by atoms with Crippen molar-refractivity contribution in [3.8, 4) is 0 Å². The molecule has 1 saturated heterocycles. The van der Waals surface area contributed by atoms with Crippen molar-refractivity contribution in [2.75, 3.05) is 13.2 Å². The molecular formula is C11H18O2. The van der Waals surface area contributed by atoms with Crippen LogP contribution in [0, 0.1) is 11.8 Å². The highest BCUT2D eigenvalue weighted by Crippen LogP contribution is 2.18. The molecule has 0 bridgehead atoms. The van der Waals surface area contributed by atoms with E-state index in [2.05, 4.69) is 6.08 Å². The fourth-order valence-electron chi connectivity index (χ4n) is 1.54. The Labute approximate surface area is 80.0 Å². The maximum Gasteiger partial charge on any atom is 0.145 e. The molecule has 2 heteroatoms. The van der Waals surface area contributed by atoms with Crippen LogP contribution >= 0.6 is 0 Å². The maximum atomic E-state index is 10.7. The highest BCUT2D eigenvalue weighted by Gasteiger charge is 2.13. The normalized spacial score (nSPS) is 24.8. The minimum absolute atomic E-state index is 0.333. The van der Waals surface area contributed by atoms with E-state index < -0.39 is 0 Å². The van der Waals surface area contributed by atoms with Gasteiger partial charge in [0.15, 0.2) is 0 Å². The minimum atomic E-state index is 0.333. The maximum absolute atomic E-state index is 10.7. The Hall–Kier alpha value is -0.630. The summed E-state index contributed by atoms with van der Waals surface area (Å²) in [7, 11) is 0. The van der Waals surface area contributed by atoms with Crippen molar-refractivity contribution in [3.05, 3.63) is 11.6 Å². The summed E-state index contributed by atoms with van der Waals surface area (Å²) in [4.78, 5) is 10.7. The fraction of sp³-hybridized carbons (Fsp3) is 0.727. The van der Waals surface area contributed by atoms with E-state index >= 15 is 0 Å². The molecule has 0 aromatic carbocycles. The number of rotatable bonds is 3. The Morgan fingerprint density at radius 2 is 2.31 bits per heavy atom. The number of allylic oxidation sites excluding steroid dienone is 1. The first kappa shape index (κ1) is 10.5. The van der Waals surface area contributed by atoms with Gasteiger partial charge in [0.1, 0.15) is 6.29 Å². The third-order valence-electron chi connectivity index (χ3n) is 2.43. The average molecular weight is 182 g/mol. The molecule has 13 heavy (non-hydrogen) atoms. The molecule has 0 N–H and O–H groups in total. The molecule has 1 atom stereocenters. The second-order valence-corrected chi connectivity index (χ2v) is 3.92. The van der Waals surface area contributed by atoms with Crippen molar-refractivity contribution in [2.24, 2.45) is 11.8 Å². The molecule has 0 aromatic rings. The van der Waals surface area contributed by atoms with Crippen LogP contribution in [-0.2, 0) is 9.53 Å². The van der Waals surface area contributed by atoms with Crippen molar-refractivity contribution >= 4 is 6.29 Å². The molecule has 0 radical (unpaired) electrons. The van der Waals surface area contributed by atoms with Crippen LogP contribution in [0.25, 0.3) is 0 Å². The first-order chi connectivity index (χ1) is 6.24. The Kier molecular flexibility index (Phi) is 4.16. The summed E-state index contributed by atoms with van der Waals surface area (Å²) in [5.74, 6) is 0.788. The van der Waals surface area contributed by atoms with Gasteiger partial charge in [0.25, 0.3) is 0 Å². The molecular weight excluding hydrogens is 164 g/mol. The molecule has 0 amide bonds. The van der Waals surface area contributed by atoms with Crippen molar-refractivity contribution in [3.63, 3.8) is 0 Å². The Balaban J connectivity index is 2.54. The van der Waals surface area contributed by atoms with Crippen LogP contribution in [0.15, 0.2) is 11.6 Å². The summed E-state index contributed by atoms with van der Waals surface area (Å²) >= 11 is 0. The van der Waals surface area contributed by atoms with E-state index in [4.69, 9.17) is 4.74 Å². The number of ether oxygens (including phenoxy) is 1. The molecule has 1 rings (SSSR count). The van der Waals surface area contributed by atoms with Crippen LogP contribution in [0.5, 0.6) is 0 Å². The summed E-state index contributed by atoms with van der Waals surface area (Å²) in [6.45, 7) is 5.75. The molecule has 1 aliphatic rings. The van der Waals surface area contributed by atoms with Crippen LogP contribution in [0.3, 0.4) is 0 Å². The van der Waals surface area contributed by atoms with E-state index in [0.29, 0.717) is 11.8 Å². The number of carbonyl (C=O) groups is 1. The monoisotopic (exact) mass is 182 g/mol. The smallest absolute Gasteiger partial charge is 0.145 e. The Morgan fingerprint density at radius 3 is 2.77 bits per heavy atom. The number of hydrogen-bond donors (Lipinski definition) is 0. The van der Waals surface area contributed by atoms with Gasteiger partial charge in [0.05, 0.1) is 6.61 Å².